The van der Waals surface area contributed by atoms with Crippen LogP contribution in [0.1, 0.15) is 19.3 Å². The molecule has 80 valence electrons. The molecule has 1 heterocycles. The highest BCUT2D eigenvalue weighted by Crippen LogP contribution is 2.33. The van der Waals surface area contributed by atoms with Gasteiger partial charge in [0.05, 0.1) is 13.2 Å². The van der Waals surface area contributed by atoms with Gasteiger partial charge in [-0.3, -0.25) is 4.79 Å². The Hall–Kier alpha value is -0.280. The molecule has 1 saturated carbocycles. The monoisotopic (exact) mass is 217 g/mol. The Morgan fingerprint density at radius 2 is 2.00 bits per heavy atom. The molecule has 1 unspecified atom stereocenters. The highest BCUT2D eigenvalue weighted by Gasteiger charge is 2.33. The summed E-state index contributed by atoms with van der Waals surface area (Å²) < 4.78 is 5.19. The summed E-state index contributed by atoms with van der Waals surface area (Å²) in [6, 6.07) is 0. The van der Waals surface area contributed by atoms with Crippen molar-refractivity contribution in [2.45, 2.75) is 24.6 Å². The number of amides is 1. The van der Waals surface area contributed by atoms with Crippen LogP contribution >= 0.6 is 11.6 Å². The molecule has 1 amide bonds. The summed E-state index contributed by atoms with van der Waals surface area (Å²) >= 11 is 6.13. The van der Waals surface area contributed by atoms with Crippen molar-refractivity contribution >= 4 is 17.5 Å². The SMILES string of the molecule is O=C(C(Cl)C1CCC1)N1CCOCC1. The van der Waals surface area contributed by atoms with Crippen molar-refractivity contribution in [1.29, 1.82) is 0 Å². The topological polar surface area (TPSA) is 29.5 Å². The van der Waals surface area contributed by atoms with E-state index in [0.717, 1.165) is 12.8 Å². The maximum absolute atomic E-state index is 11.9. The zero-order valence-corrected chi connectivity index (χ0v) is 9.00. The number of alkyl halides is 1. The third-order valence-electron chi connectivity index (χ3n) is 3.12. The largest absolute Gasteiger partial charge is 0.378 e. The number of halogens is 1. The first kappa shape index (κ1) is 10.2. The van der Waals surface area contributed by atoms with Crippen molar-refractivity contribution in [2.75, 3.05) is 26.3 Å². The number of hydrogen-bond donors (Lipinski definition) is 0. The van der Waals surface area contributed by atoms with Gasteiger partial charge in [0.2, 0.25) is 5.91 Å². The number of hydrogen-bond acceptors (Lipinski definition) is 2. The Morgan fingerprint density at radius 3 is 2.50 bits per heavy atom. The molecule has 0 aromatic heterocycles. The minimum Gasteiger partial charge on any atom is -0.378 e. The molecule has 0 N–H and O–H groups in total. The van der Waals surface area contributed by atoms with Crippen LogP contribution < -0.4 is 0 Å². The second-order valence-corrected chi connectivity index (χ2v) is 4.50. The van der Waals surface area contributed by atoms with E-state index in [1.807, 2.05) is 4.90 Å². The van der Waals surface area contributed by atoms with Gasteiger partial charge in [-0.25, -0.2) is 0 Å². The van der Waals surface area contributed by atoms with E-state index in [0.29, 0.717) is 32.2 Å². The minimum atomic E-state index is -0.290. The van der Waals surface area contributed by atoms with Gasteiger partial charge >= 0.3 is 0 Å². The lowest BCUT2D eigenvalue weighted by molar-refractivity contribution is -0.136. The van der Waals surface area contributed by atoms with Gasteiger partial charge in [-0.05, 0) is 18.8 Å². The maximum Gasteiger partial charge on any atom is 0.241 e. The van der Waals surface area contributed by atoms with Crippen LogP contribution in [0.15, 0.2) is 0 Å². The molecule has 1 aliphatic carbocycles. The Bertz CT molecular complexity index is 208. The van der Waals surface area contributed by atoms with Crippen LogP contribution in [0.4, 0.5) is 0 Å². The summed E-state index contributed by atoms with van der Waals surface area (Å²) in [5, 5.41) is -0.290. The van der Waals surface area contributed by atoms with Crippen LogP contribution in [-0.4, -0.2) is 42.5 Å². The lowest BCUT2D eigenvalue weighted by Crippen LogP contribution is -2.46. The molecule has 2 rings (SSSR count). The van der Waals surface area contributed by atoms with Crippen LogP contribution in [0.2, 0.25) is 0 Å². The Balaban J connectivity index is 1.85. The van der Waals surface area contributed by atoms with E-state index in [1.165, 1.54) is 6.42 Å². The van der Waals surface area contributed by atoms with Crippen LogP contribution in [0.25, 0.3) is 0 Å². The molecule has 2 aliphatic rings. The third-order valence-corrected chi connectivity index (χ3v) is 3.67. The van der Waals surface area contributed by atoms with Crippen LogP contribution in [0.5, 0.6) is 0 Å². The second-order valence-electron chi connectivity index (χ2n) is 4.03. The van der Waals surface area contributed by atoms with E-state index in [2.05, 4.69) is 0 Å². The molecule has 0 aromatic carbocycles. The first-order valence-electron chi connectivity index (χ1n) is 5.29. The van der Waals surface area contributed by atoms with E-state index < -0.39 is 0 Å². The summed E-state index contributed by atoms with van der Waals surface area (Å²) in [5.74, 6) is 0.534. The summed E-state index contributed by atoms with van der Waals surface area (Å²) in [6.45, 7) is 2.71. The van der Waals surface area contributed by atoms with E-state index in [1.54, 1.807) is 0 Å². The fraction of sp³-hybridized carbons (Fsp3) is 0.900. The van der Waals surface area contributed by atoms with Gasteiger partial charge in [0.25, 0.3) is 0 Å². The van der Waals surface area contributed by atoms with E-state index in [4.69, 9.17) is 16.3 Å². The summed E-state index contributed by atoms with van der Waals surface area (Å²) in [4.78, 5) is 13.7. The third kappa shape index (κ3) is 2.04. The standard InChI is InChI=1S/C10H16ClNO2/c11-9(8-2-1-3-8)10(13)12-4-6-14-7-5-12/h8-9H,1-7H2. The summed E-state index contributed by atoms with van der Waals surface area (Å²) in [5.41, 5.74) is 0. The fourth-order valence-electron chi connectivity index (χ4n) is 1.89. The average molecular weight is 218 g/mol. The molecule has 0 aromatic rings. The van der Waals surface area contributed by atoms with Crippen molar-refractivity contribution in [3.63, 3.8) is 0 Å². The molecular formula is C10H16ClNO2. The van der Waals surface area contributed by atoms with Crippen LogP contribution in [0, 0.1) is 5.92 Å². The van der Waals surface area contributed by atoms with Gasteiger partial charge < -0.3 is 9.64 Å². The minimum absolute atomic E-state index is 0.111. The highest BCUT2D eigenvalue weighted by molar-refractivity contribution is 6.31. The lowest BCUT2D eigenvalue weighted by atomic mass is 9.82. The second kappa shape index (κ2) is 4.49. The fourth-order valence-corrected chi connectivity index (χ4v) is 2.28. The molecule has 4 heteroatoms. The molecule has 0 radical (unpaired) electrons. The van der Waals surface area contributed by atoms with Gasteiger partial charge in [-0.1, -0.05) is 6.42 Å². The number of morpholine rings is 1. The molecule has 0 spiro atoms. The van der Waals surface area contributed by atoms with E-state index in [9.17, 15) is 4.79 Å². The summed E-state index contributed by atoms with van der Waals surface area (Å²) in [6.07, 6.45) is 3.46. The maximum atomic E-state index is 11.9. The number of ether oxygens (including phenoxy) is 1. The molecule has 1 saturated heterocycles. The number of nitrogens with zero attached hydrogens (tertiary/aromatic N) is 1. The zero-order valence-electron chi connectivity index (χ0n) is 8.25. The predicted molar refractivity (Wildman–Crippen MR) is 54.4 cm³/mol. The van der Waals surface area contributed by atoms with E-state index in [-0.39, 0.29) is 11.3 Å². The molecule has 14 heavy (non-hydrogen) atoms. The Morgan fingerprint density at radius 1 is 1.36 bits per heavy atom. The quantitative estimate of drug-likeness (QED) is 0.652. The number of carbonyl (C=O) groups excluding carboxylic acids is 1. The molecule has 2 fully saturated rings. The predicted octanol–water partition coefficient (Wildman–Crippen LogP) is 1.25. The summed E-state index contributed by atoms with van der Waals surface area (Å²) in [7, 11) is 0. The van der Waals surface area contributed by atoms with Gasteiger partial charge in [0, 0.05) is 13.1 Å². The number of rotatable bonds is 2. The number of carbonyl (C=O) groups is 1. The smallest absolute Gasteiger partial charge is 0.241 e. The average Bonchev–Trinajstić information content (AvgIpc) is 2.15. The molecule has 1 atom stereocenters. The van der Waals surface area contributed by atoms with Gasteiger partial charge in [-0.15, -0.1) is 11.6 Å². The molecular weight excluding hydrogens is 202 g/mol. The molecule has 1 aliphatic heterocycles. The Kier molecular flexibility index (Phi) is 3.29. The van der Waals surface area contributed by atoms with Crippen molar-refractivity contribution in [1.82, 2.24) is 4.90 Å². The van der Waals surface area contributed by atoms with Crippen molar-refractivity contribution < 1.29 is 9.53 Å². The highest BCUT2D eigenvalue weighted by atomic mass is 35.5. The van der Waals surface area contributed by atoms with Gasteiger partial charge in [-0.2, -0.15) is 0 Å². The van der Waals surface area contributed by atoms with Crippen molar-refractivity contribution in [2.24, 2.45) is 5.92 Å². The Labute approximate surface area is 89.4 Å². The normalized spacial score (nSPS) is 25.6. The van der Waals surface area contributed by atoms with Gasteiger partial charge in [0.15, 0.2) is 0 Å². The molecule has 3 nitrogen and oxygen atoms in total. The first-order valence-corrected chi connectivity index (χ1v) is 5.73. The molecule has 0 bridgehead atoms. The zero-order chi connectivity index (χ0) is 9.97. The van der Waals surface area contributed by atoms with Crippen molar-refractivity contribution in [3.8, 4) is 0 Å². The van der Waals surface area contributed by atoms with E-state index >= 15 is 0 Å². The first-order chi connectivity index (χ1) is 6.79. The van der Waals surface area contributed by atoms with Crippen LogP contribution in [0.3, 0.4) is 0 Å². The lowest BCUT2D eigenvalue weighted by Gasteiger charge is -2.34. The van der Waals surface area contributed by atoms with Crippen molar-refractivity contribution in [3.05, 3.63) is 0 Å². The van der Waals surface area contributed by atoms with Gasteiger partial charge in [0.1, 0.15) is 5.38 Å². The van der Waals surface area contributed by atoms with Crippen LogP contribution in [-0.2, 0) is 9.53 Å².